The molecule has 3 aromatic rings. The fraction of sp³-hybridized carbons (Fsp3) is 0.304. The molecule has 6 nitrogen and oxygen atoms in total. The van der Waals surface area contributed by atoms with Crippen molar-refractivity contribution in [2.75, 3.05) is 13.1 Å². The molecule has 2 aliphatic rings. The summed E-state index contributed by atoms with van der Waals surface area (Å²) < 4.78 is 50.2. The number of rotatable bonds is 1. The third kappa shape index (κ3) is 3.51. The number of carbonyl (C=O) groups is 1. The highest BCUT2D eigenvalue weighted by Gasteiger charge is 2.48. The van der Waals surface area contributed by atoms with Crippen LogP contribution in [0.3, 0.4) is 0 Å². The molecule has 1 saturated heterocycles. The van der Waals surface area contributed by atoms with Gasteiger partial charge in [0.15, 0.2) is 5.60 Å². The Kier molecular flexibility index (Phi) is 4.86. The summed E-state index contributed by atoms with van der Waals surface area (Å²) in [6, 6.07) is 9.90. The minimum atomic E-state index is -4.55. The van der Waals surface area contributed by atoms with Gasteiger partial charge in [-0.3, -0.25) is 9.59 Å². The van der Waals surface area contributed by atoms with Crippen LogP contribution in [0.1, 0.15) is 34.6 Å². The van der Waals surface area contributed by atoms with Crippen LogP contribution in [-0.4, -0.2) is 33.0 Å². The van der Waals surface area contributed by atoms with Crippen LogP contribution >= 0.6 is 11.6 Å². The predicted molar refractivity (Wildman–Crippen MR) is 115 cm³/mol. The van der Waals surface area contributed by atoms with Crippen molar-refractivity contribution in [1.82, 2.24) is 14.0 Å². The van der Waals surface area contributed by atoms with E-state index < -0.39 is 17.5 Å². The molecule has 2 aromatic heterocycles. The largest absolute Gasteiger partial charge is 0.479 e. The third-order valence-electron chi connectivity index (χ3n) is 6.32. The number of piperidine rings is 1. The van der Waals surface area contributed by atoms with Gasteiger partial charge in [0, 0.05) is 61.9 Å². The van der Waals surface area contributed by atoms with E-state index >= 15 is 0 Å². The van der Waals surface area contributed by atoms with Crippen LogP contribution in [0.5, 0.6) is 5.75 Å². The molecule has 1 aromatic carbocycles. The minimum Gasteiger partial charge on any atom is -0.479 e. The Balaban J connectivity index is 1.49. The summed E-state index contributed by atoms with van der Waals surface area (Å²) in [6.45, 7) is 0.521. The van der Waals surface area contributed by atoms with Gasteiger partial charge in [-0.15, -0.1) is 0 Å². The zero-order valence-corrected chi connectivity index (χ0v) is 18.3. The standard InChI is InChI=1S/C23H19ClF3N3O3/c1-28-9-6-14(12-20(28)31)21(32)29-10-7-22(8-11-29)18-4-5-19(23(25,26)27)30(18)16-3-2-15(24)13-17(16)33-22/h2-6,9,12-13H,7-8,10-11H2,1H3. The first kappa shape index (κ1) is 21.6. The number of ether oxygens (including phenoxy) is 1. The number of likely N-dealkylation sites (tertiary alicyclic amines) is 1. The van der Waals surface area contributed by atoms with Crippen LogP contribution < -0.4 is 10.3 Å². The zero-order chi connectivity index (χ0) is 23.5. The van der Waals surface area contributed by atoms with Gasteiger partial charge < -0.3 is 18.8 Å². The molecule has 172 valence electrons. The minimum absolute atomic E-state index is 0.260. The van der Waals surface area contributed by atoms with Crippen molar-refractivity contribution < 1.29 is 22.7 Å². The van der Waals surface area contributed by atoms with Gasteiger partial charge in [0.1, 0.15) is 11.4 Å². The highest BCUT2D eigenvalue weighted by atomic mass is 35.5. The number of pyridine rings is 1. The molecule has 2 aliphatic heterocycles. The zero-order valence-electron chi connectivity index (χ0n) is 17.5. The summed E-state index contributed by atoms with van der Waals surface area (Å²) >= 11 is 6.10. The molecule has 1 spiro atoms. The summed E-state index contributed by atoms with van der Waals surface area (Å²) in [5.41, 5.74) is -1.18. The molecule has 0 bridgehead atoms. The summed E-state index contributed by atoms with van der Waals surface area (Å²) in [6.07, 6.45) is -2.45. The molecule has 0 aliphatic carbocycles. The van der Waals surface area contributed by atoms with Gasteiger partial charge in [-0.25, -0.2) is 0 Å². The number of nitrogens with zero attached hydrogens (tertiary/aromatic N) is 3. The van der Waals surface area contributed by atoms with Crippen molar-refractivity contribution in [3.05, 3.63) is 81.0 Å². The fourth-order valence-corrected chi connectivity index (χ4v) is 4.75. The number of fused-ring (bicyclic) bond motifs is 4. The molecule has 4 heterocycles. The molecule has 5 rings (SSSR count). The average Bonchev–Trinajstić information content (AvgIpc) is 3.23. The van der Waals surface area contributed by atoms with E-state index in [0.717, 1.165) is 6.07 Å². The molecule has 0 atom stereocenters. The quantitative estimate of drug-likeness (QED) is 0.523. The topological polar surface area (TPSA) is 56.5 Å². The number of benzene rings is 1. The summed E-state index contributed by atoms with van der Waals surface area (Å²) in [7, 11) is 1.59. The van der Waals surface area contributed by atoms with Crippen molar-refractivity contribution in [3.8, 4) is 11.4 Å². The summed E-state index contributed by atoms with van der Waals surface area (Å²) in [5, 5.41) is 0.353. The molecular formula is C23H19ClF3N3O3. The smallest absolute Gasteiger partial charge is 0.431 e. The van der Waals surface area contributed by atoms with E-state index in [0.29, 0.717) is 10.7 Å². The van der Waals surface area contributed by atoms with Gasteiger partial charge in [0.2, 0.25) is 0 Å². The second-order valence-electron chi connectivity index (χ2n) is 8.30. The molecule has 1 fully saturated rings. The lowest BCUT2D eigenvalue weighted by atomic mass is 9.86. The number of carbonyl (C=O) groups excluding carboxylic acids is 1. The molecule has 0 N–H and O–H groups in total. The molecule has 0 saturated carbocycles. The monoisotopic (exact) mass is 477 g/mol. The van der Waals surface area contributed by atoms with Crippen molar-refractivity contribution in [2.24, 2.45) is 7.05 Å². The third-order valence-corrected chi connectivity index (χ3v) is 6.55. The predicted octanol–water partition coefficient (Wildman–Crippen LogP) is 4.37. The Labute approximate surface area is 191 Å². The van der Waals surface area contributed by atoms with Crippen molar-refractivity contribution in [3.63, 3.8) is 0 Å². The number of aromatic nitrogens is 2. The highest BCUT2D eigenvalue weighted by Crippen LogP contribution is 2.48. The van der Waals surface area contributed by atoms with E-state index in [1.54, 1.807) is 18.0 Å². The molecule has 1 amide bonds. The van der Waals surface area contributed by atoms with E-state index in [4.69, 9.17) is 16.3 Å². The molecule has 10 heteroatoms. The number of aryl methyl sites for hydroxylation is 1. The Hall–Kier alpha value is -3.20. The Morgan fingerprint density at radius 1 is 1.09 bits per heavy atom. The molecule has 0 radical (unpaired) electrons. The van der Waals surface area contributed by atoms with E-state index in [-0.39, 0.29) is 54.4 Å². The second kappa shape index (κ2) is 7.41. The summed E-state index contributed by atoms with van der Waals surface area (Å²) in [4.78, 5) is 26.4. The summed E-state index contributed by atoms with van der Waals surface area (Å²) in [5.74, 6) is -0.0313. The second-order valence-corrected chi connectivity index (χ2v) is 8.74. The van der Waals surface area contributed by atoms with Gasteiger partial charge in [-0.2, -0.15) is 13.2 Å². The Bertz CT molecular complexity index is 1320. The number of hydrogen-bond donors (Lipinski definition) is 0. The van der Waals surface area contributed by atoms with Crippen LogP contribution in [0, 0.1) is 0 Å². The van der Waals surface area contributed by atoms with Crippen LogP contribution in [-0.2, 0) is 18.8 Å². The van der Waals surface area contributed by atoms with E-state index in [1.807, 2.05) is 0 Å². The maximum atomic E-state index is 13.8. The maximum Gasteiger partial charge on any atom is 0.431 e. The number of alkyl halides is 3. The molecule has 33 heavy (non-hydrogen) atoms. The van der Waals surface area contributed by atoms with Gasteiger partial charge in [-0.1, -0.05) is 11.6 Å². The molecule has 0 unspecified atom stereocenters. The fourth-order valence-electron chi connectivity index (χ4n) is 4.58. The average molecular weight is 478 g/mol. The van der Waals surface area contributed by atoms with E-state index in [9.17, 15) is 22.8 Å². The van der Waals surface area contributed by atoms with Crippen molar-refractivity contribution in [1.29, 1.82) is 0 Å². The number of halogens is 4. The highest BCUT2D eigenvalue weighted by molar-refractivity contribution is 6.30. The first-order valence-electron chi connectivity index (χ1n) is 10.3. The van der Waals surface area contributed by atoms with Crippen LogP contribution in [0.2, 0.25) is 5.02 Å². The Morgan fingerprint density at radius 2 is 1.82 bits per heavy atom. The lowest BCUT2D eigenvalue weighted by molar-refractivity contribution is -0.143. The molecular weight excluding hydrogens is 459 g/mol. The van der Waals surface area contributed by atoms with Gasteiger partial charge >= 0.3 is 6.18 Å². The lowest BCUT2D eigenvalue weighted by Crippen LogP contribution is -2.50. The van der Waals surface area contributed by atoms with Crippen molar-refractivity contribution >= 4 is 17.5 Å². The van der Waals surface area contributed by atoms with Crippen LogP contribution in [0.25, 0.3) is 5.69 Å². The van der Waals surface area contributed by atoms with Gasteiger partial charge in [0.25, 0.3) is 11.5 Å². The lowest BCUT2D eigenvalue weighted by Gasteiger charge is -2.45. The van der Waals surface area contributed by atoms with Crippen molar-refractivity contribution in [2.45, 2.75) is 24.6 Å². The Morgan fingerprint density at radius 3 is 2.48 bits per heavy atom. The van der Waals surface area contributed by atoms with E-state index in [1.165, 1.54) is 45.7 Å². The first-order chi connectivity index (χ1) is 15.6. The maximum absolute atomic E-state index is 13.8. The van der Waals surface area contributed by atoms with Gasteiger partial charge in [0.05, 0.1) is 11.4 Å². The van der Waals surface area contributed by atoms with Crippen LogP contribution in [0.4, 0.5) is 13.2 Å². The van der Waals surface area contributed by atoms with Crippen LogP contribution in [0.15, 0.2) is 53.5 Å². The normalized spacial score (nSPS) is 16.8. The number of amides is 1. The van der Waals surface area contributed by atoms with Gasteiger partial charge in [-0.05, 0) is 30.3 Å². The number of hydrogen-bond acceptors (Lipinski definition) is 3. The SMILES string of the molecule is Cn1ccc(C(=O)N2CCC3(CC2)Oc2cc(Cl)ccc2-n2c(C(F)(F)F)ccc23)cc1=O. The first-order valence-corrected chi connectivity index (χ1v) is 10.7. The van der Waals surface area contributed by atoms with E-state index in [2.05, 4.69) is 0 Å².